The van der Waals surface area contributed by atoms with E-state index >= 15 is 0 Å². The fraction of sp³-hybridized carbons (Fsp3) is 0.929. The fourth-order valence-corrected chi connectivity index (χ4v) is 2.74. The summed E-state index contributed by atoms with van der Waals surface area (Å²) < 4.78 is 42.6. The lowest BCUT2D eigenvalue weighted by atomic mass is 9.94. The molecule has 0 saturated carbocycles. The number of hydrogen-bond acceptors (Lipinski definition) is 4. The molecular weight excluding hydrogens is 285 g/mol. The number of methoxy groups -OCH3 is 1. The summed E-state index contributed by atoms with van der Waals surface area (Å²) in [6, 6.07) is 0. The molecule has 7 heteroatoms. The third kappa shape index (κ3) is 5.14. The standard InChI is InChI=1S/C14H25F3N2O2/c1-4-18-13(2,12(20)21-3)7-10-19-8-5-11(6-9-19)14(15,16)17/h11,18H,4-10H2,1-3H3. The highest BCUT2D eigenvalue weighted by molar-refractivity contribution is 5.80. The molecule has 0 aromatic heterocycles. The molecule has 21 heavy (non-hydrogen) atoms. The van der Waals surface area contributed by atoms with Crippen LogP contribution in [-0.4, -0.2) is 55.9 Å². The number of esters is 1. The molecule has 0 aromatic rings. The first-order valence-corrected chi connectivity index (χ1v) is 7.35. The van der Waals surface area contributed by atoms with Crippen molar-refractivity contribution in [2.45, 2.75) is 44.8 Å². The van der Waals surface area contributed by atoms with E-state index in [4.69, 9.17) is 4.74 Å². The van der Waals surface area contributed by atoms with Crippen LogP contribution in [0.25, 0.3) is 0 Å². The quantitative estimate of drug-likeness (QED) is 0.764. The van der Waals surface area contributed by atoms with E-state index in [9.17, 15) is 18.0 Å². The van der Waals surface area contributed by atoms with Crippen LogP contribution in [0.4, 0.5) is 13.2 Å². The molecule has 0 aromatic carbocycles. The van der Waals surface area contributed by atoms with E-state index < -0.39 is 17.6 Å². The van der Waals surface area contributed by atoms with Gasteiger partial charge in [-0.1, -0.05) is 6.92 Å². The van der Waals surface area contributed by atoms with Gasteiger partial charge in [-0.05, 0) is 45.8 Å². The van der Waals surface area contributed by atoms with E-state index in [-0.39, 0.29) is 18.8 Å². The molecule has 124 valence electrons. The molecule has 1 rings (SSSR count). The van der Waals surface area contributed by atoms with Gasteiger partial charge in [0.05, 0.1) is 13.0 Å². The van der Waals surface area contributed by atoms with Gasteiger partial charge in [-0.3, -0.25) is 4.79 Å². The maximum Gasteiger partial charge on any atom is 0.391 e. The minimum Gasteiger partial charge on any atom is -0.468 e. The Bertz CT molecular complexity index is 342. The van der Waals surface area contributed by atoms with Crippen molar-refractivity contribution in [1.82, 2.24) is 10.2 Å². The third-order valence-corrected chi connectivity index (χ3v) is 4.18. The first-order chi connectivity index (χ1) is 9.73. The highest BCUT2D eigenvalue weighted by Crippen LogP contribution is 2.34. The highest BCUT2D eigenvalue weighted by Gasteiger charge is 2.41. The number of halogens is 3. The van der Waals surface area contributed by atoms with E-state index in [1.165, 1.54) is 7.11 Å². The molecule has 1 heterocycles. The predicted octanol–water partition coefficient (Wildman–Crippen LogP) is 2.19. The van der Waals surface area contributed by atoms with E-state index in [2.05, 4.69) is 5.32 Å². The summed E-state index contributed by atoms with van der Waals surface area (Å²) in [5.74, 6) is -1.52. The normalized spacial score (nSPS) is 21.0. The minimum atomic E-state index is -4.09. The van der Waals surface area contributed by atoms with Crippen LogP contribution in [0.3, 0.4) is 0 Å². The van der Waals surface area contributed by atoms with Gasteiger partial charge in [0.15, 0.2) is 0 Å². The second-order valence-electron chi connectivity index (χ2n) is 5.76. The third-order valence-electron chi connectivity index (χ3n) is 4.18. The van der Waals surface area contributed by atoms with Crippen molar-refractivity contribution in [2.75, 3.05) is 33.3 Å². The van der Waals surface area contributed by atoms with Gasteiger partial charge in [-0.15, -0.1) is 0 Å². The second kappa shape index (κ2) is 7.45. The Morgan fingerprint density at radius 1 is 1.33 bits per heavy atom. The number of alkyl halides is 3. The van der Waals surface area contributed by atoms with Gasteiger partial charge in [-0.25, -0.2) is 0 Å². The number of nitrogens with zero attached hydrogens (tertiary/aromatic N) is 1. The van der Waals surface area contributed by atoms with Crippen molar-refractivity contribution in [3.05, 3.63) is 0 Å². The van der Waals surface area contributed by atoms with Gasteiger partial charge in [0.1, 0.15) is 5.54 Å². The first kappa shape index (κ1) is 18.2. The van der Waals surface area contributed by atoms with Crippen LogP contribution in [0, 0.1) is 5.92 Å². The number of ether oxygens (including phenoxy) is 1. The average molecular weight is 310 g/mol. The van der Waals surface area contributed by atoms with Gasteiger partial charge in [0.25, 0.3) is 0 Å². The van der Waals surface area contributed by atoms with Crippen molar-refractivity contribution < 1.29 is 22.7 Å². The fourth-order valence-electron chi connectivity index (χ4n) is 2.74. The zero-order valence-electron chi connectivity index (χ0n) is 12.9. The Morgan fingerprint density at radius 3 is 2.33 bits per heavy atom. The van der Waals surface area contributed by atoms with Crippen LogP contribution in [0.5, 0.6) is 0 Å². The molecule has 0 aliphatic carbocycles. The Balaban J connectivity index is 2.46. The van der Waals surface area contributed by atoms with Crippen LogP contribution >= 0.6 is 0 Å². The van der Waals surface area contributed by atoms with Crippen molar-refractivity contribution in [1.29, 1.82) is 0 Å². The van der Waals surface area contributed by atoms with Crippen LogP contribution in [-0.2, 0) is 9.53 Å². The summed E-state index contributed by atoms with van der Waals surface area (Å²) in [6.45, 7) is 5.73. The van der Waals surface area contributed by atoms with E-state index in [0.29, 0.717) is 32.6 Å². The Hall–Kier alpha value is -0.820. The number of likely N-dealkylation sites (N-methyl/N-ethyl adjacent to an activating group) is 1. The van der Waals surface area contributed by atoms with Crippen molar-refractivity contribution in [3.63, 3.8) is 0 Å². The molecule has 1 aliphatic heterocycles. The molecule has 1 fully saturated rings. The van der Waals surface area contributed by atoms with Crippen LogP contribution in [0.1, 0.15) is 33.1 Å². The molecule has 0 amide bonds. The number of hydrogen-bond donors (Lipinski definition) is 1. The summed E-state index contributed by atoms with van der Waals surface area (Å²) in [7, 11) is 1.34. The van der Waals surface area contributed by atoms with E-state index in [1.54, 1.807) is 6.92 Å². The lowest BCUT2D eigenvalue weighted by molar-refractivity contribution is -0.185. The monoisotopic (exact) mass is 310 g/mol. The van der Waals surface area contributed by atoms with E-state index in [1.807, 2.05) is 11.8 Å². The lowest BCUT2D eigenvalue weighted by Crippen LogP contribution is -2.52. The Morgan fingerprint density at radius 2 is 1.90 bits per heavy atom. The topological polar surface area (TPSA) is 41.6 Å². The largest absolute Gasteiger partial charge is 0.468 e. The molecule has 0 spiro atoms. The van der Waals surface area contributed by atoms with Crippen LogP contribution in [0.15, 0.2) is 0 Å². The van der Waals surface area contributed by atoms with Gasteiger partial charge >= 0.3 is 12.1 Å². The summed E-state index contributed by atoms with van der Waals surface area (Å²) in [4.78, 5) is 13.8. The summed E-state index contributed by atoms with van der Waals surface area (Å²) in [5, 5.41) is 3.10. The minimum absolute atomic E-state index is 0.139. The van der Waals surface area contributed by atoms with Gasteiger partial charge in [0.2, 0.25) is 0 Å². The van der Waals surface area contributed by atoms with Crippen molar-refractivity contribution in [3.8, 4) is 0 Å². The van der Waals surface area contributed by atoms with Crippen molar-refractivity contribution >= 4 is 5.97 Å². The number of piperidine rings is 1. The molecule has 4 nitrogen and oxygen atoms in total. The molecule has 1 atom stereocenters. The second-order valence-corrected chi connectivity index (χ2v) is 5.76. The summed E-state index contributed by atoms with van der Waals surface area (Å²) in [5.41, 5.74) is -0.787. The highest BCUT2D eigenvalue weighted by atomic mass is 19.4. The van der Waals surface area contributed by atoms with Gasteiger partial charge in [-0.2, -0.15) is 13.2 Å². The molecule has 1 aliphatic rings. The Labute approximate surface area is 124 Å². The smallest absolute Gasteiger partial charge is 0.391 e. The molecule has 0 radical (unpaired) electrons. The number of carbonyl (C=O) groups is 1. The van der Waals surface area contributed by atoms with Crippen molar-refractivity contribution in [2.24, 2.45) is 5.92 Å². The first-order valence-electron chi connectivity index (χ1n) is 7.35. The van der Waals surface area contributed by atoms with Gasteiger partial charge in [0, 0.05) is 6.54 Å². The number of nitrogens with one attached hydrogen (secondary N) is 1. The maximum absolute atomic E-state index is 12.6. The summed E-state index contributed by atoms with van der Waals surface area (Å²) >= 11 is 0. The molecular formula is C14H25F3N2O2. The molecule has 1 unspecified atom stereocenters. The molecule has 0 bridgehead atoms. The number of carbonyl (C=O) groups excluding carboxylic acids is 1. The molecule has 1 N–H and O–H groups in total. The maximum atomic E-state index is 12.6. The predicted molar refractivity (Wildman–Crippen MR) is 73.9 cm³/mol. The average Bonchev–Trinajstić information content (AvgIpc) is 2.44. The van der Waals surface area contributed by atoms with E-state index in [0.717, 1.165) is 0 Å². The van der Waals surface area contributed by atoms with Crippen LogP contribution < -0.4 is 5.32 Å². The summed E-state index contributed by atoms with van der Waals surface area (Å²) in [6.07, 6.45) is -3.29. The number of likely N-dealkylation sites (tertiary alicyclic amines) is 1. The lowest BCUT2D eigenvalue weighted by Gasteiger charge is -2.35. The SMILES string of the molecule is CCNC(C)(CCN1CCC(C(F)(F)F)CC1)C(=O)OC. The Kier molecular flexibility index (Phi) is 6.46. The number of rotatable bonds is 6. The van der Waals surface area contributed by atoms with Crippen LogP contribution in [0.2, 0.25) is 0 Å². The van der Waals surface area contributed by atoms with Gasteiger partial charge < -0.3 is 15.0 Å². The zero-order valence-corrected chi connectivity index (χ0v) is 12.9. The zero-order chi connectivity index (χ0) is 16.1. The molecule has 1 saturated heterocycles.